The molecule has 2 aromatic rings. The second-order valence-electron chi connectivity index (χ2n) is 2.37. The van der Waals surface area contributed by atoms with Gasteiger partial charge in [-0.05, 0) is 0 Å². The molecular weight excluding hydrogens is 136 g/mol. The minimum absolute atomic E-state index is 0.614. The minimum Gasteiger partial charge on any atom is -0.396 e. The quantitative estimate of drug-likeness (QED) is 0.608. The van der Waals surface area contributed by atoms with Gasteiger partial charge in [0.1, 0.15) is 6.20 Å². The molecule has 0 aliphatic rings. The topological polar surface area (TPSA) is 38.9 Å². The summed E-state index contributed by atoms with van der Waals surface area (Å²) in [5.41, 5.74) is 6.25. The maximum atomic E-state index is 5.64. The maximum Gasteiger partial charge on any atom is 0.114 e. The third-order valence-corrected chi connectivity index (χ3v) is 1.64. The highest BCUT2D eigenvalue weighted by Gasteiger charge is 1.94. The lowest BCUT2D eigenvalue weighted by atomic mass is 10.1. The Morgan fingerprint density at radius 1 is 1.27 bits per heavy atom. The van der Waals surface area contributed by atoms with E-state index in [1.807, 2.05) is 24.3 Å². The molecule has 0 atom stereocenters. The van der Waals surface area contributed by atoms with Crippen molar-refractivity contribution in [3.05, 3.63) is 36.7 Å². The summed E-state index contributed by atoms with van der Waals surface area (Å²) >= 11 is 0. The van der Waals surface area contributed by atoms with Crippen LogP contribution < -0.4 is 5.73 Å². The lowest BCUT2D eigenvalue weighted by Gasteiger charge is -1.97. The fraction of sp³-hybridized carbons (Fsp3) is 0. The van der Waals surface area contributed by atoms with E-state index in [1.54, 1.807) is 6.20 Å². The number of anilines is 1. The van der Waals surface area contributed by atoms with Crippen LogP contribution in [-0.4, -0.2) is 4.98 Å². The number of aromatic nitrogens is 1. The standard InChI is InChI=1S/C9H7N2/c10-9-6-11-5-7-3-1-2-4-8(7)9/h1-5H,10H2. The first-order chi connectivity index (χ1) is 5.38. The van der Waals surface area contributed by atoms with Crippen LogP contribution in [0.1, 0.15) is 0 Å². The van der Waals surface area contributed by atoms with Crippen molar-refractivity contribution < 1.29 is 0 Å². The second-order valence-corrected chi connectivity index (χ2v) is 2.37. The number of pyridine rings is 1. The fourth-order valence-corrected chi connectivity index (χ4v) is 1.09. The molecule has 1 aromatic heterocycles. The molecule has 0 aliphatic heterocycles. The number of nitrogens with two attached hydrogens (primary N) is 1. The van der Waals surface area contributed by atoms with E-state index >= 15 is 0 Å². The summed E-state index contributed by atoms with van der Waals surface area (Å²) in [7, 11) is 0. The van der Waals surface area contributed by atoms with Gasteiger partial charge in [-0.2, -0.15) is 0 Å². The summed E-state index contributed by atoms with van der Waals surface area (Å²) in [6, 6.07) is 7.85. The maximum absolute atomic E-state index is 5.64. The number of nitrogens with zero attached hydrogens (tertiary/aromatic N) is 1. The van der Waals surface area contributed by atoms with Gasteiger partial charge in [0.15, 0.2) is 0 Å². The molecule has 0 bridgehead atoms. The van der Waals surface area contributed by atoms with Gasteiger partial charge < -0.3 is 5.73 Å². The predicted molar refractivity (Wildman–Crippen MR) is 45.0 cm³/mol. The Kier molecular flexibility index (Phi) is 1.25. The monoisotopic (exact) mass is 143 g/mol. The van der Waals surface area contributed by atoms with Gasteiger partial charge in [-0.3, -0.25) is 4.98 Å². The van der Waals surface area contributed by atoms with E-state index in [0.29, 0.717) is 5.69 Å². The summed E-state index contributed by atoms with van der Waals surface area (Å²) < 4.78 is 0. The molecule has 11 heavy (non-hydrogen) atoms. The van der Waals surface area contributed by atoms with Gasteiger partial charge in [0.2, 0.25) is 0 Å². The predicted octanol–water partition coefficient (Wildman–Crippen LogP) is 1.62. The SMILES string of the molecule is Nc1[c]ncc2ccccc12. The average molecular weight is 143 g/mol. The van der Waals surface area contributed by atoms with Crippen LogP contribution in [0.25, 0.3) is 10.8 Å². The molecule has 2 nitrogen and oxygen atoms in total. The van der Waals surface area contributed by atoms with E-state index in [2.05, 4.69) is 11.2 Å². The lowest BCUT2D eigenvalue weighted by molar-refractivity contribution is 1.35. The van der Waals surface area contributed by atoms with Gasteiger partial charge in [0.25, 0.3) is 0 Å². The average Bonchev–Trinajstić information content (AvgIpc) is 2.06. The number of rotatable bonds is 0. The molecule has 0 saturated heterocycles. The van der Waals surface area contributed by atoms with E-state index in [9.17, 15) is 0 Å². The molecule has 0 saturated carbocycles. The third kappa shape index (κ3) is 0.923. The Hall–Kier alpha value is -1.57. The van der Waals surface area contributed by atoms with Crippen molar-refractivity contribution >= 4 is 16.5 Å². The van der Waals surface area contributed by atoms with Gasteiger partial charge in [-0.25, -0.2) is 0 Å². The van der Waals surface area contributed by atoms with E-state index in [1.165, 1.54) is 0 Å². The molecule has 53 valence electrons. The molecule has 0 aliphatic carbocycles. The highest BCUT2D eigenvalue weighted by molar-refractivity contribution is 5.91. The Morgan fingerprint density at radius 3 is 2.91 bits per heavy atom. The van der Waals surface area contributed by atoms with Gasteiger partial charge in [-0.15, -0.1) is 0 Å². The van der Waals surface area contributed by atoms with Crippen LogP contribution in [0.5, 0.6) is 0 Å². The van der Waals surface area contributed by atoms with Crippen molar-refractivity contribution in [1.29, 1.82) is 0 Å². The van der Waals surface area contributed by atoms with Crippen LogP contribution in [0.3, 0.4) is 0 Å². The summed E-state index contributed by atoms with van der Waals surface area (Å²) in [4.78, 5) is 3.86. The molecular formula is C9H7N2. The molecule has 0 unspecified atom stereocenters. The van der Waals surface area contributed by atoms with Crippen LogP contribution in [0.4, 0.5) is 5.69 Å². The summed E-state index contributed by atoms with van der Waals surface area (Å²) in [5.74, 6) is 0. The van der Waals surface area contributed by atoms with Gasteiger partial charge >= 0.3 is 0 Å². The normalized spacial score (nSPS) is 10.2. The lowest BCUT2D eigenvalue weighted by Crippen LogP contribution is -1.87. The highest BCUT2D eigenvalue weighted by Crippen LogP contribution is 2.17. The first-order valence-corrected chi connectivity index (χ1v) is 3.39. The first-order valence-electron chi connectivity index (χ1n) is 3.39. The summed E-state index contributed by atoms with van der Waals surface area (Å²) in [6.45, 7) is 0. The second kappa shape index (κ2) is 2.23. The summed E-state index contributed by atoms with van der Waals surface area (Å²) in [5, 5.41) is 2.08. The molecule has 0 spiro atoms. The molecule has 1 heterocycles. The van der Waals surface area contributed by atoms with E-state index in [0.717, 1.165) is 10.8 Å². The molecule has 1 radical (unpaired) electrons. The number of fused-ring (bicyclic) bond motifs is 1. The molecule has 0 fully saturated rings. The highest BCUT2D eigenvalue weighted by atomic mass is 14.7. The van der Waals surface area contributed by atoms with Crippen LogP contribution in [-0.2, 0) is 0 Å². The van der Waals surface area contributed by atoms with Gasteiger partial charge in [0, 0.05) is 17.0 Å². The Bertz CT molecular complexity index is 377. The van der Waals surface area contributed by atoms with Crippen LogP contribution in [0.15, 0.2) is 30.5 Å². The van der Waals surface area contributed by atoms with Crippen LogP contribution in [0.2, 0.25) is 0 Å². The van der Waals surface area contributed by atoms with Gasteiger partial charge in [0.05, 0.1) is 5.69 Å². The van der Waals surface area contributed by atoms with E-state index in [4.69, 9.17) is 5.73 Å². The zero-order chi connectivity index (χ0) is 7.68. The van der Waals surface area contributed by atoms with Crippen LogP contribution in [0, 0.1) is 6.20 Å². The van der Waals surface area contributed by atoms with E-state index < -0.39 is 0 Å². The number of benzene rings is 1. The largest absolute Gasteiger partial charge is 0.396 e. The zero-order valence-electron chi connectivity index (χ0n) is 5.91. The smallest absolute Gasteiger partial charge is 0.114 e. The molecule has 2 rings (SSSR count). The number of nitrogen functional groups attached to an aromatic ring is 1. The molecule has 1 aromatic carbocycles. The Morgan fingerprint density at radius 2 is 2.09 bits per heavy atom. The minimum atomic E-state index is 0.614. The Labute approximate surface area is 64.7 Å². The molecule has 2 N–H and O–H groups in total. The molecule has 2 heteroatoms. The van der Waals surface area contributed by atoms with Gasteiger partial charge in [-0.1, -0.05) is 24.3 Å². The first kappa shape index (κ1) is 6.16. The van der Waals surface area contributed by atoms with Crippen LogP contribution >= 0.6 is 0 Å². The zero-order valence-corrected chi connectivity index (χ0v) is 5.91. The number of hydrogen-bond acceptors (Lipinski definition) is 2. The van der Waals surface area contributed by atoms with Crippen molar-refractivity contribution in [1.82, 2.24) is 4.98 Å². The Balaban J connectivity index is 2.91. The fourth-order valence-electron chi connectivity index (χ4n) is 1.09. The van der Waals surface area contributed by atoms with Crippen molar-refractivity contribution in [2.24, 2.45) is 0 Å². The van der Waals surface area contributed by atoms with Crippen molar-refractivity contribution in [3.8, 4) is 0 Å². The van der Waals surface area contributed by atoms with Crippen molar-refractivity contribution in [2.75, 3.05) is 5.73 Å². The molecule has 0 amide bonds. The van der Waals surface area contributed by atoms with Crippen molar-refractivity contribution in [3.63, 3.8) is 0 Å². The number of hydrogen-bond donors (Lipinski definition) is 1. The third-order valence-electron chi connectivity index (χ3n) is 1.64. The van der Waals surface area contributed by atoms with E-state index in [-0.39, 0.29) is 0 Å². The van der Waals surface area contributed by atoms with Crippen molar-refractivity contribution in [2.45, 2.75) is 0 Å². The summed E-state index contributed by atoms with van der Waals surface area (Å²) in [6.07, 6.45) is 4.46.